The fourth-order valence-electron chi connectivity index (χ4n) is 2.56. The molecule has 3 atom stereocenters. The van der Waals surface area contributed by atoms with E-state index >= 15 is 0 Å². The largest absolute Gasteiger partial charge is 0.481 e. The van der Waals surface area contributed by atoms with Gasteiger partial charge in [0.05, 0.1) is 12.3 Å². The molecule has 28 heavy (non-hydrogen) atoms. The van der Waals surface area contributed by atoms with E-state index in [2.05, 4.69) is 0 Å². The number of ether oxygens (including phenoxy) is 3. The number of carbonyl (C=O) groups excluding carboxylic acids is 2. The minimum atomic E-state index is -0.599. The smallest absolute Gasteiger partial charge is 0.309 e. The molecule has 0 saturated carbocycles. The Balaban J connectivity index is 2.01. The van der Waals surface area contributed by atoms with Gasteiger partial charge in [-0.15, -0.1) is 11.3 Å². The molecule has 1 aromatic heterocycles. The molecule has 0 saturated heterocycles. The number of esters is 2. The summed E-state index contributed by atoms with van der Waals surface area (Å²) in [5.74, 6) is -0.764. The van der Waals surface area contributed by atoms with E-state index in [1.165, 1.54) is 0 Å². The Morgan fingerprint density at radius 3 is 2.29 bits per heavy atom. The molecule has 1 aromatic carbocycles. The van der Waals surface area contributed by atoms with E-state index < -0.39 is 35.7 Å². The number of thiophene rings is 1. The lowest BCUT2D eigenvalue weighted by Gasteiger charge is -2.26. The monoisotopic (exact) mass is 404 g/mol. The molecule has 1 heterocycles. The number of hydrogen-bond acceptors (Lipinski definition) is 6. The first kappa shape index (κ1) is 22.0. The van der Waals surface area contributed by atoms with Gasteiger partial charge in [-0.25, -0.2) is 0 Å². The highest BCUT2D eigenvalue weighted by molar-refractivity contribution is 7.10. The van der Waals surface area contributed by atoms with Gasteiger partial charge in [0, 0.05) is 4.88 Å². The topological polar surface area (TPSA) is 61.8 Å². The zero-order valence-electron chi connectivity index (χ0n) is 17.0. The Morgan fingerprint density at radius 2 is 1.71 bits per heavy atom. The first-order chi connectivity index (χ1) is 13.2. The summed E-state index contributed by atoms with van der Waals surface area (Å²) < 4.78 is 17.0. The average Bonchev–Trinajstić information content (AvgIpc) is 3.12. The normalized spacial score (nSPS) is 14.6. The van der Waals surface area contributed by atoms with Gasteiger partial charge < -0.3 is 14.2 Å². The van der Waals surface area contributed by atoms with Gasteiger partial charge in [-0.3, -0.25) is 9.59 Å². The van der Waals surface area contributed by atoms with Crippen molar-refractivity contribution in [2.45, 2.75) is 58.8 Å². The maximum atomic E-state index is 12.5. The van der Waals surface area contributed by atoms with Gasteiger partial charge in [0.25, 0.3) is 0 Å². The molecule has 0 fully saturated rings. The minimum absolute atomic E-state index is 0.0218. The van der Waals surface area contributed by atoms with E-state index in [9.17, 15) is 9.59 Å². The molecule has 0 aliphatic rings. The van der Waals surface area contributed by atoms with Crippen LogP contribution in [0.15, 0.2) is 47.8 Å². The first-order valence-electron chi connectivity index (χ1n) is 9.33. The van der Waals surface area contributed by atoms with Crippen LogP contribution in [0.5, 0.6) is 5.75 Å². The van der Waals surface area contributed by atoms with Gasteiger partial charge in [-0.05, 0) is 51.3 Å². The standard InChI is InChI=1S/C22H28O5S/c1-15(14-19(23)27-22(3,4)5)21(24)25-16(2)20(18-12-9-13-28-18)26-17-10-7-6-8-11-17/h6-13,15-16,20H,14H2,1-5H3/t15-,16+,20+/m1/s1. The molecule has 0 bridgehead atoms. The number of carbonyl (C=O) groups is 2. The highest BCUT2D eigenvalue weighted by Crippen LogP contribution is 2.30. The molecule has 152 valence electrons. The molecular formula is C22H28O5S. The summed E-state index contributed by atoms with van der Waals surface area (Å²) in [6.45, 7) is 8.84. The summed E-state index contributed by atoms with van der Waals surface area (Å²) in [6.07, 6.45) is -0.973. The molecule has 0 aliphatic carbocycles. The molecule has 6 heteroatoms. The summed E-state index contributed by atoms with van der Waals surface area (Å²) in [5.41, 5.74) is -0.582. The van der Waals surface area contributed by atoms with Gasteiger partial charge >= 0.3 is 11.9 Å². The van der Waals surface area contributed by atoms with Crippen molar-refractivity contribution in [3.05, 3.63) is 52.7 Å². The van der Waals surface area contributed by atoms with Gasteiger partial charge in [0.2, 0.25) is 0 Å². The molecule has 0 spiro atoms. The van der Waals surface area contributed by atoms with Crippen molar-refractivity contribution < 1.29 is 23.8 Å². The number of para-hydroxylation sites is 1. The zero-order chi connectivity index (χ0) is 20.7. The van der Waals surface area contributed by atoms with Crippen LogP contribution in [-0.2, 0) is 19.1 Å². The van der Waals surface area contributed by atoms with Crippen molar-refractivity contribution in [3.8, 4) is 5.75 Å². The third-order valence-electron chi connectivity index (χ3n) is 3.85. The molecule has 0 amide bonds. The molecule has 0 aliphatic heterocycles. The summed E-state index contributed by atoms with van der Waals surface area (Å²) in [7, 11) is 0. The van der Waals surface area contributed by atoms with Crippen molar-refractivity contribution in [1.29, 1.82) is 0 Å². The Kier molecular flexibility index (Phi) is 7.63. The second kappa shape index (κ2) is 9.73. The number of rotatable bonds is 8. The highest BCUT2D eigenvalue weighted by atomic mass is 32.1. The van der Waals surface area contributed by atoms with Crippen LogP contribution in [-0.4, -0.2) is 23.6 Å². The number of benzene rings is 1. The lowest BCUT2D eigenvalue weighted by molar-refractivity contribution is -0.165. The van der Waals surface area contributed by atoms with Crippen LogP contribution in [0.3, 0.4) is 0 Å². The average molecular weight is 405 g/mol. The lowest BCUT2D eigenvalue weighted by atomic mass is 10.1. The van der Waals surface area contributed by atoms with Crippen LogP contribution in [0, 0.1) is 5.92 Å². The van der Waals surface area contributed by atoms with Crippen molar-refractivity contribution in [3.63, 3.8) is 0 Å². The van der Waals surface area contributed by atoms with E-state index in [4.69, 9.17) is 14.2 Å². The Labute approximate surface area is 170 Å². The maximum absolute atomic E-state index is 12.5. The third kappa shape index (κ3) is 7.00. The summed E-state index contributed by atoms with van der Waals surface area (Å²) in [6, 6.07) is 13.3. The molecule has 0 N–H and O–H groups in total. The highest BCUT2D eigenvalue weighted by Gasteiger charge is 2.29. The van der Waals surface area contributed by atoms with Gasteiger partial charge in [0.1, 0.15) is 17.5 Å². The van der Waals surface area contributed by atoms with Gasteiger partial charge in [-0.2, -0.15) is 0 Å². The fraction of sp³-hybridized carbons (Fsp3) is 0.455. The first-order valence-corrected chi connectivity index (χ1v) is 10.2. The predicted octanol–water partition coefficient (Wildman–Crippen LogP) is 5.17. The molecule has 0 radical (unpaired) electrons. The van der Waals surface area contributed by atoms with E-state index in [0.717, 1.165) is 4.88 Å². The van der Waals surface area contributed by atoms with Crippen LogP contribution in [0.2, 0.25) is 0 Å². The summed E-state index contributed by atoms with van der Waals surface area (Å²) in [5, 5.41) is 1.95. The van der Waals surface area contributed by atoms with Crippen LogP contribution in [0.4, 0.5) is 0 Å². The lowest BCUT2D eigenvalue weighted by Crippen LogP contribution is -2.31. The van der Waals surface area contributed by atoms with E-state index in [0.29, 0.717) is 5.75 Å². The van der Waals surface area contributed by atoms with Crippen molar-refractivity contribution in [2.24, 2.45) is 5.92 Å². The Hall–Kier alpha value is -2.34. The second-order valence-corrected chi connectivity index (χ2v) is 8.68. The van der Waals surface area contributed by atoms with Crippen LogP contribution in [0.25, 0.3) is 0 Å². The van der Waals surface area contributed by atoms with Crippen LogP contribution < -0.4 is 4.74 Å². The van der Waals surface area contributed by atoms with Crippen LogP contribution >= 0.6 is 11.3 Å². The summed E-state index contributed by atoms with van der Waals surface area (Å²) in [4.78, 5) is 25.4. The van der Waals surface area contributed by atoms with E-state index in [1.54, 1.807) is 46.0 Å². The molecule has 2 rings (SSSR count). The van der Waals surface area contributed by atoms with Crippen molar-refractivity contribution >= 4 is 23.3 Å². The van der Waals surface area contributed by atoms with Crippen LogP contribution in [0.1, 0.15) is 52.0 Å². The molecule has 5 nitrogen and oxygen atoms in total. The predicted molar refractivity (Wildman–Crippen MR) is 109 cm³/mol. The van der Waals surface area contributed by atoms with Gasteiger partial charge in [-0.1, -0.05) is 31.2 Å². The van der Waals surface area contributed by atoms with Crippen molar-refractivity contribution in [2.75, 3.05) is 0 Å². The second-order valence-electron chi connectivity index (χ2n) is 7.70. The quantitative estimate of drug-likeness (QED) is 0.568. The molecular weight excluding hydrogens is 376 g/mol. The maximum Gasteiger partial charge on any atom is 0.309 e. The Morgan fingerprint density at radius 1 is 1.04 bits per heavy atom. The van der Waals surface area contributed by atoms with Gasteiger partial charge in [0.15, 0.2) is 6.10 Å². The molecule has 0 unspecified atom stereocenters. The fourth-order valence-corrected chi connectivity index (χ4v) is 3.41. The van der Waals surface area contributed by atoms with E-state index in [1.807, 2.05) is 47.8 Å². The number of hydrogen-bond donors (Lipinski definition) is 0. The third-order valence-corrected chi connectivity index (χ3v) is 4.79. The summed E-state index contributed by atoms with van der Waals surface area (Å²) >= 11 is 1.54. The van der Waals surface area contributed by atoms with E-state index in [-0.39, 0.29) is 6.42 Å². The SMILES string of the molecule is C[C@H](CC(=O)OC(C)(C)C)C(=O)O[C@@H](C)[C@H](Oc1ccccc1)c1cccs1. The molecule has 2 aromatic rings. The van der Waals surface area contributed by atoms with Crippen molar-refractivity contribution in [1.82, 2.24) is 0 Å². The zero-order valence-corrected chi connectivity index (χ0v) is 17.8. The minimum Gasteiger partial charge on any atom is -0.481 e. The Bertz CT molecular complexity index is 749.